The van der Waals surface area contributed by atoms with Crippen molar-refractivity contribution in [1.82, 2.24) is 20.2 Å². The summed E-state index contributed by atoms with van der Waals surface area (Å²) in [4.78, 5) is 62.1. The number of benzene rings is 1. The Kier molecular flexibility index (Phi) is 11.4. The molecule has 1 aromatic carbocycles. The van der Waals surface area contributed by atoms with E-state index in [0.29, 0.717) is 28.6 Å². The predicted octanol–water partition coefficient (Wildman–Crippen LogP) is 4.88. The topological polar surface area (TPSA) is 163 Å². The second kappa shape index (κ2) is 14.7. The van der Waals surface area contributed by atoms with E-state index < -0.39 is 41.4 Å². The fraction of sp³-hybridized carbons (Fsp3) is 0.438. The maximum absolute atomic E-state index is 13.3. The number of ether oxygens (including phenoxy) is 3. The van der Waals surface area contributed by atoms with Crippen LogP contribution in [-0.2, 0) is 32.1 Å². The van der Waals surface area contributed by atoms with Crippen LogP contribution in [0.2, 0.25) is 0 Å². The van der Waals surface area contributed by atoms with Gasteiger partial charge in [-0.3, -0.25) is 14.9 Å². The lowest BCUT2D eigenvalue weighted by Crippen LogP contribution is -2.45. The van der Waals surface area contributed by atoms with Crippen LogP contribution in [0.4, 0.5) is 9.59 Å². The highest BCUT2D eigenvalue weighted by atomic mass is 16.6. The van der Waals surface area contributed by atoms with Gasteiger partial charge in [-0.2, -0.15) is 0 Å². The van der Waals surface area contributed by atoms with E-state index in [4.69, 9.17) is 19.9 Å². The van der Waals surface area contributed by atoms with E-state index in [9.17, 15) is 19.2 Å². The molecule has 0 radical (unpaired) electrons. The molecule has 0 fully saturated rings. The summed E-state index contributed by atoms with van der Waals surface area (Å²) in [6, 6.07) is 10.8. The lowest BCUT2D eigenvalue weighted by molar-refractivity contribution is -0.140. The Labute approximate surface area is 257 Å². The highest BCUT2D eigenvalue weighted by Gasteiger charge is 2.29. The molecule has 3 aromatic rings. The van der Waals surface area contributed by atoms with Crippen molar-refractivity contribution in [2.24, 2.45) is 5.73 Å². The second-order valence-electron chi connectivity index (χ2n) is 12.2. The Morgan fingerprint density at radius 2 is 1.59 bits per heavy atom. The zero-order valence-electron chi connectivity index (χ0n) is 26.1. The molecule has 0 unspecified atom stereocenters. The van der Waals surface area contributed by atoms with Crippen molar-refractivity contribution in [3.05, 3.63) is 71.7 Å². The van der Waals surface area contributed by atoms with E-state index in [1.807, 2.05) is 12.1 Å². The third kappa shape index (κ3) is 10.3. The summed E-state index contributed by atoms with van der Waals surface area (Å²) in [6.45, 7) is 11.0. The molecule has 12 nitrogen and oxygen atoms in total. The molecule has 0 aliphatic rings. The van der Waals surface area contributed by atoms with Crippen LogP contribution in [-0.4, -0.2) is 62.8 Å². The molecule has 3 rings (SSSR count). The van der Waals surface area contributed by atoms with Crippen molar-refractivity contribution >= 4 is 35.0 Å². The first-order chi connectivity index (χ1) is 20.7. The van der Waals surface area contributed by atoms with Gasteiger partial charge in [0.25, 0.3) is 0 Å². The molecule has 0 bridgehead atoms. The first kappa shape index (κ1) is 33.9. The molecule has 0 spiro atoms. The van der Waals surface area contributed by atoms with Crippen LogP contribution in [0.15, 0.2) is 54.9 Å². The number of fused-ring (bicyclic) bond motifs is 1. The van der Waals surface area contributed by atoms with Gasteiger partial charge in [0, 0.05) is 17.8 Å². The van der Waals surface area contributed by atoms with Gasteiger partial charge in [-0.25, -0.2) is 19.2 Å². The molecule has 2 heterocycles. The Balaban J connectivity index is 1.87. The summed E-state index contributed by atoms with van der Waals surface area (Å²) in [6.07, 6.45) is 2.41. The minimum Gasteiger partial charge on any atom is -0.444 e. The molecule has 44 heavy (non-hydrogen) atoms. The fourth-order valence-corrected chi connectivity index (χ4v) is 4.18. The number of carbonyl (C=O) groups is 4. The maximum atomic E-state index is 13.3. The van der Waals surface area contributed by atoms with Gasteiger partial charge >= 0.3 is 24.1 Å². The number of nitrogens with two attached hydrogens (primary N) is 1. The number of hydrogen-bond acceptors (Lipinski definition) is 10. The molecule has 236 valence electrons. The zero-order valence-corrected chi connectivity index (χ0v) is 26.1. The van der Waals surface area contributed by atoms with Crippen LogP contribution in [0.1, 0.15) is 76.0 Å². The van der Waals surface area contributed by atoms with E-state index in [2.05, 4.69) is 15.3 Å². The van der Waals surface area contributed by atoms with Gasteiger partial charge in [0.2, 0.25) is 0 Å². The average Bonchev–Trinajstić information content (AvgIpc) is 2.93. The van der Waals surface area contributed by atoms with Crippen molar-refractivity contribution in [1.29, 1.82) is 0 Å². The Hall–Kier alpha value is -4.58. The number of carbonyl (C=O) groups excluding carboxylic acids is 4. The van der Waals surface area contributed by atoms with Gasteiger partial charge in [-0.15, -0.1) is 0 Å². The highest BCUT2D eigenvalue weighted by Crippen LogP contribution is 2.25. The Morgan fingerprint density at radius 1 is 0.886 bits per heavy atom. The van der Waals surface area contributed by atoms with Gasteiger partial charge in [-0.1, -0.05) is 18.2 Å². The Morgan fingerprint density at radius 3 is 2.23 bits per heavy atom. The minimum atomic E-state index is -1.14. The van der Waals surface area contributed by atoms with Crippen molar-refractivity contribution in [3.63, 3.8) is 0 Å². The van der Waals surface area contributed by atoms with Crippen LogP contribution in [0, 0.1) is 0 Å². The zero-order chi connectivity index (χ0) is 32.5. The van der Waals surface area contributed by atoms with Gasteiger partial charge in [-0.05, 0) is 90.8 Å². The van der Waals surface area contributed by atoms with E-state index in [1.165, 1.54) is 11.0 Å². The first-order valence-corrected chi connectivity index (χ1v) is 14.4. The van der Waals surface area contributed by atoms with Gasteiger partial charge < -0.3 is 25.3 Å². The number of nitrogens with zero attached hydrogens (tertiary/aromatic N) is 3. The molecule has 0 saturated carbocycles. The van der Waals surface area contributed by atoms with E-state index in [0.717, 1.165) is 0 Å². The number of amides is 2. The molecule has 1 atom stereocenters. The number of pyridine rings is 2. The van der Waals surface area contributed by atoms with Crippen molar-refractivity contribution in [2.45, 2.75) is 84.7 Å². The monoisotopic (exact) mass is 607 g/mol. The van der Waals surface area contributed by atoms with Crippen LogP contribution in [0.25, 0.3) is 10.9 Å². The molecule has 0 saturated heterocycles. The van der Waals surface area contributed by atoms with Crippen LogP contribution in [0.5, 0.6) is 0 Å². The number of aromatic nitrogens is 2. The molecule has 0 aliphatic carbocycles. The first-order valence-electron chi connectivity index (χ1n) is 14.4. The third-order valence-corrected chi connectivity index (χ3v) is 6.03. The second-order valence-corrected chi connectivity index (χ2v) is 12.2. The molecular weight excluding hydrogens is 566 g/mol. The molecule has 12 heteroatoms. The number of alkyl carbamates (subject to hydrolysis) is 1. The highest BCUT2D eigenvalue weighted by molar-refractivity contribution is 6.08. The smallest absolute Gasteiger partial charge is 0.410 e. The van der Waals surface area contributed by atoms with E-state index >= 15 is 0 Å². The van der Waals surface area contributed by atoms with Gasteiger partial charge in [0.05, 0.1) is 29.9 Å². The number of esters is 2. The fourth-order valence-electron chi connectivity index (χ4n) is 4.18. The van der Waals surface area contributed by atoms with Crippen molar-refractivity contribution in [3.8, 4) is 0 Å². The quantitative estimate of drug-likeness (QED) is 0.184. The van der Waals surface area contributed by atoms with Gasteiger partial charge in [0.15, 0.2) is 0 Å². The van der Waals surface area contributed by atoms with Gasteiger partial charge in [0.1, 0.15) is 17.2 Å². The Bertz CT molecular complexity index is 1470. The summed E-state index contributed by atoms with van der Waals surface area (Å²) in [5, 5.41) is 2.89. The van der Waals surface area contributed by atoms with Crippen LogP contribution in [0.3, 0.4) is 0 Å². The average molecular weight is 608 g/mol. The lowest BCUT2D eigenvalue weighted by Gasteiger charge is -2.27. The lowest BCUT2D eigenvalue weighted by atomic mass is 10.0. The third-order valence-electron chi connectivity index (χ3n) is 6.03. The largest absolute Gasteiger partial charge is 0.444 e. The summed E-state index contributed by atoms with van der Waals surface area (Å²) >= 11 is 0. The van der Waals surface area contributed by atoms with Crippen molar-refractivity contribution in [2.75, 3.05) is 6.54 Å². The summed E-state index contributed by atoms with van der Waals surface area (Å²) in [7, 11) is 0. The minimum absolute atomic E-state index is 0.0913. The molecular formula is C32H41N5O7. The van der Waals surface area contributed by atoms with Crippen LogP contribution >= 0.6 is 0 Å². The maximum Gasteiger partial charge on any atom is 0.410 e. The summed E-state index contributed by atoms with van der Waals surface area (Å²) in [5.74, 6) is -1.86. The number of nitrogens with one attached hydrogen (secondary N) is 1. The molecule has 2 amide bonds. The van der Waals surface area contributed by atoms with E-state index in [-0.39, 0.29) is 31.6 Å². The van der Waals surface area contributed by atoms with E-state index in [1.54, 1.807) is 78.2 Å². The van der Waals surface area contributed by atoms with Crippen molar-refractivity contribution < 1.29 is 33.4 Å². The summed E-state index contributed by atoms with van der Waals surface area (Å²) < 4.78 is 16.1. The SMILES string of the molecule is CC(C)(C)OC(=O)N[C@@H](CCCN)C(=O)OC(=O)c1ccc(CN(Cc2ccccn2)C(=O)OC(C)(C)C)c2ncccc12. The number of rotatable bonds is 10. The molecule has 0 aliphatic heterocycles. The number of hydrogen-bond donors (Lipinski definition) is 2. The normalized spacial score (nSPS) is 12.2. The van der Waals surface area contributed by atoms with Crippen LogP contribution < -0.4 is 11.1 Å². The summed E-state index contributed by atoms with van der Waals surface area (Å²) in [5.41, 5.74) is 5.93. The predicted molar refractivity (Wildman–Crippen MR) is 163 cm³/mol. The molecule has 3 N–H and O–H groups in total. The standard InChI is InChI=1S/C32H41N5O7/c1-31(2,3)43-29(40)36-25(13-9-16-33)28(39)42-27(38)24-15-14-21(26-23(24)12-10-18-35-26)19-37(30(41)44-32(4,5)6)20-22-11-7-8-17-34-22/h7-8,10-12,14-15,17-18,25H,9,13,16,19-20,33H2,1-6H3,(H,36,40)/t25-/m0/s1. The molecule has 2 aromatic heterocycles.